The maximum absolute atomic E-state index is 10.1. The van der Waals surface area contributed by atoms with Gasteiger partial charge in [-0.15, -0.1) is 0 Å². The molecule has 1 aliphatic rings. The predicted octanol–water partition coefficient (Wildman–Crippen LogP) is 1.35. The van der Waals surface area contributed by atoms with E-state index in [1.807, 2.05) is 24.3 Å². The number of rotatable bonds is 8. The summed E-state index contributed by atoms with van der Waals surface area (Å²) in [5, 5.41) is 12.2. The molecule has 2 rings (SSSR count). The second kappa shape index (κ2) is 8.52. The molecule has 1 fully saturated rings. The highest BCUT2D eigenvalue weighted by Crippen LogP contribution is 2.27. The molecule has 0 spiro atoms. The van der Waals surface area contributed by atoms with E-state index < -0.39 is 6.10 Å². The molecule has 0 saturated carbocycles. The first-order valence-electron chi connectivity index (χ1n) is 8.43. The third-order valence-electron chi connectivity index (χ3n) is 3.73. The molecule has 130 valence electrons. The van der Waals surface area contributed by atoms with E-state index in [1.165, 1.54) is 0 Å². The van der Waals surface area contributed by atoms with Gasteiger partial charge in [0.25, 0.3) is 0 Å². The Morgan fingerprint density at radius 3 is 2.57 bits per heavy atom. The topological polar surface area (TPSA) is 64.5 Å². The van der Waals surface area contributed by atoms with Crippen molar-refractivity contribution in [3.8, 4) is 11.5 Å². The summed E-state index contributed by atoms with van der Waals surface area (Å²) >= 11 is 0. The highest BCUT2D eigenvalue weighted by Gasteiger charge is 2.18. The van der Waals surface area contributed by atoms with Gasteiger partial charge < -0.3 is 24.6 Å². The van der Waals surface area contributed by atoms with Gasteiger partial charge in [-0.2, -0.15) is 0 Å². The fraction of sp³-hybridized carbons (Fsp3) is 0.667. The lowest BCUT2D eigenvalue weighted by Gasteiger charge is -2.20. The standard InChI is InChI=1S/C18H29NO4/c1-18(2,3)19-11-14(20)12-22-16-8-4-5-9-17(16)23-13-15-7-6-10-21-15/h4-5,8-9,14-15,19-20H,6-7,10-13H2,1-3H3/p+1/t14-,15-/m1/s1. The SMILES string of the molecule is CC(C)(C)[NH2+]C[C@@H](O)COc1ccccc1OC[C@H]1CCCO1. The monoisotopic (exact) mass is 324 g/mol. The second-order valence-corrected chi connectivity index (χ2v) is 7.16. The number of hydrogen-bond acceptors (Lipinski definition) is 4. The zero-order valence-corrected chi connectivity index (χ0v) is 14.5. The molecular weight excluding hydrogens is 294 g/mol. The minimum atomic E-state index is -0.513. The van der Waals surface area contributed by atoms with E-state index >= 15 is 0 Å². The minimum Gasteiger partial charge on any atom is -0.487 e. The van der Waals surface area contributed by atoms with Gasteiger partial charge in [0.1, 0.15) is 25.9 Å². The van der Waals surface area contributed by atoms with E-state index in [9.17, 15) is 5.11 Å². The van der Waals surface area contributed by atoms with Crippen LogP contribution in [0.1, 0.15) is 33.6 Å². The molecule has 3 N–H and O–H groups in total. The summed E-state index contributed by atoms with van der Waals surface area (Å²) in [6.45, 7) is 8.59. The molecule has 1 heterocycles. The highest BCUT2D eigenvalue weighted by molar-refractivity contribution is 5.39. The third kappa shape index (κ3) is 6.77. The maximum atomic E-state index is 10.1. The fourth-order valence-electron chi connectivity index (χ4n) is 2.39. The van der Waals surface area contributed by atoms with Crippen LogP contribution in [0.4, 0.5) is 0 Å². The zero-order chi connectivity index (χ0) is 16.7. The fourth-order valence-corrected chi connectivity index (χ4v) is 2.39. The second-order valence-electron chi connectivity index (χ2n) is 7.16. The summed E-state index contributed by atoms with van der Waals surface area (Å²) in [5.74, 6) is 1.37. The number of para-hydroxylation sites is 2. The zero-order valence-electron chi connectivity index (χ0n) is 14.5. The molecule has 0 aliphatic carbocycles. The molecule has 2 atom stereocenters. The van der Waals surface area contributed by atoms with Gasteiger partial charge >= 0.3 is 0 Å². The van der Waals surface area contributed by atoms with Crippen LogP contribution in [0.25, 0.3) is 0 Å². The van der Waals surface area contributed by atoms with E-state index in [4.69, 9.17) is 14.2 Å². The van der Waals surface area contributed by atoms with E-state index in [2.05, 4.69) is 26.1 Å². The molecule has 5 heteroatoms. The third-order valence-corrected chi connectivity index (χ3v) is 3.73. The van der Waals surface area contributed by atoms with E-state index in [0.717, 1.165) is 19.4 Å². The smallest absolute Gasteiger partial charge is 0.161 e. The van der Waals surface area contributed by atoms with Gasteiger partial charge in [-0.25, -0.2) is 0 Å². The molecule has 0 radical (unpaired) electrons. The predicted molar refractivity (Wildman–Crippen MR) is 89.0 cm³/mol. The van der Waals surface area contributed by atoms with Gasteiger partial charge in [-0.05, 0) is 45.7 Å². The Balaban J connectivity index is 1.79. The normalized spacial score (nSPS) is 19.6. The lowest BCUT2D eigenvalue weighted by molar-refractivity contribution is -0.722. The van der Waals surface area contributed by atoms with Gasteiger partial charge in [-0.1, -0.05) is 12.1 Å². The van der Waals surface area contributed by atoms with Gasteiger partial charge in [0, 0.05) is 6.61 Å². The number of quaternary nitrogens is 1. The maximum Gasteiger partial charge on any atom is 0.161 e. The summed E-state index contributed by atoms with van der Waals surface area (Å²) in [7, 11) is 0. The lowest BCUT2D eigenvalue weighted by atomic mass is 10.1. The molecule has 0 aromatic heterocycles. The summed E-state index contributed by atoms with van der Waals surface area (Å²) in [6, 6.07) is 7.58. The van der Waals surface area contributed by atoms with Crippen molar-refractivity contribution in [2.75, 3.05) is 26.4 Å². The van der Waals surface area contributed by atoms with Gasteiger partial charge in [-0.3, -0.25) is 0 Å². The Morgan fingerprint density at radius 2 is 1.96 bits per heavy atom. The molecule has 0 amide bonds. The average Bonchev–Trinajstić information content (AvgIpc) is 3.02. The molecule has 1 aromatic rings. The van der Waals surface area contributed by atoms with Crippen molar-refractivity contribution in [1.29, 1.82) is 0 Å². The first-order valence-corrected chi connectivity index (χ1v) is 8.43. The number of aliphatic hydroxyl groups is 1. The molecule has 5 nitrogen and oxygen atoms in total. The molecular formula is C18H30NO4+. The Morgan fingerprint density at radius 1 is 1.26 bits per heavy atom. The summed E-state index contributed by atoms with van der Waals surface area (Å²) < 4.78 is 17.1. The van der Waals surface area contributed by atoms with Crippen LogP contribution in [0.2, 0.25) is 0 Å². The van der Waals surface area contributed by atoms with Crippen LogP contribution < -0.4 is 14.8 Å². The van der Waals surface area contributed by atoms with Crippen molar-refractivity contribution in [3.05, 3.63) is 24.3 Å². The van der Waals surface area contributed by atoms with Crippen molar-refractivity contribution in [1.82, 2.24) is 0 Å². The Labute approximate surface area is 138 Å². The van der Waals surface area contributed by atoms with Crippen LogP contribution in [-0.4, -0.2) is 49.2 Å². The Hall–Kier alpha value is -1.30. The van der Waals surface area contributed by atoms with E-state index in [1.54, 1.807) is 0 Å². The van der Waals surface area contributed by atoms with Crippen LogP contribution in [0.15, 0.2) is 24.3 Å². The first kappa shape index (κ1) is 18.0. The molecule has 23 heavy (non-hydrogen) atoms. The Kier molecular flexibility index (Phi) is 6.69. The number of hydrogen-bond donors (Lipinski definition) is 2. The van der Waals surface area contributed by atoms with Crippen LogP contribution in [0.3, 0.4) is 0 Å². The number of aliphatic hydroxyl groups excluding tert-OH is 1. The van der Waals surface area contributed by atoms with Crippen LogP contribution in [0, 0.1) is 0 Å². The van der Waals surface area contributed by atoms with Crippen LogP contribution in [-0.2, 0) is 4.74 Å². The quantitative estimate of drug-likeness (QED) is 0.757. The summed E-state index contributed by atoms with van der Waals surface area (Å²) in [6.07, 6.45) is 1.81. The van der Waals surface area contributed by atoms with E-state index in [0.29, 0.717) is 24.7 Å². The van der Waals surface area contributed by atoms with Crippen LogP contribution >= 0.6 is 0 Å². The summed E-state index contributed by atoms with van der Waals surface area (Å²) in [5.41, 5.74) is 0.100. The van der Waals surface area contributed by atoms with Crippen molar-refractivity contribution in [2.45, 2.75) is 51.4 Å². The molecule has 1 aliphatic heterocycles. The van der Waals surface area contributed by atoms with E-state index in [-0.39, 0.29) is 18.2 Å². The molecule has 0 unspecified atom stereocenters. The van der Waals surface area contributed by atoms with Gasteiger partial charge in [0.2, 0.25) is 0 Å². The molecule has 1 aromatic carbocycles. The molecule has 1 saturated heterocycles. The van der Waals surface area contributed by atoms with Crippen LogP contribution in [0.5, 0.6) is 11.5 Å². The lowest BCUT2D eigenvalue weighted by Crippen LogP contribution is -2.96. The van der Waals surface area contributed by atoms with Crippen molar-refractivity contribution < 1.29 is 24.6 Å². The average molecular weight is 324 g/mol. The summed E-state index contributed by atoms with van der Waals surface area (Å²) in [4.78, 5) is 0. The first-order chi connectivity index (χ1) is 10.9. The Bertz CT molecular complexity index is 466. The van der Waals surface area contributed by atoms with Gasteiger partial charge in [0.15, 0.2) is 11.5 Å². The number of benzene rings is 1. The van der Waals surface area contributed by atoms with Crippen molar-refractivity contribution in [2.24, 2.45) is 0 Å². The van der Waals surface area contributed by atoms with Crippen molar-refractivity contribution >= 4 is 0 Å². The highest BCUT2D eigenvalue weighted by atomic mass is 16.6. The largest absolute Gasteiger partial charge is 0.487 e. The molecule has 0 bridgehead atoms. The van der Waals surface area contributed by atoms with Crippen molar-refractivity contribution in [3.63, 3.8) is 0 Å². The number of nitrogens with two attached hydrogens (primary N) is 1. The minimum absolute atomic E-state index is 0.100. The number of ether oxygens (including phenoxy) is 3. The van der Waals surface area contributed by atoms with Gasteiger partial charge in [0.05, 0.1) is 11.6 Å².